The standard InChI is InChI=1S/C20H22ClNO5S/c1-26-16-11-15(12-17(13-16)27-2)22-19(23)20(9-3-4-10-20)28(24,25)18-7-5-14(21)6-8-18/h5-8,11-13H,3-4,9-10H2,1-2H3,(H,22,23). The zero-order valence-electron chi connectivity index (χ0n) is 15.7. The Kier molecular flexibility index (Phi) is 5.86. The van der Waals surface area contributed by atoms with Crippen LogP contribution in [0.5, 0.6) is 11.5 Å². The van der Waals surface area contributed by atoms with Crippen molar-refractivity contribution in [3.05, 3.63) is 47.5 Å². The van der Waals surface area contributed by atoms with Crippen LogP contribution in [0.25, 0.3) is 0 Å². The fraction of sp³-hybridized carbons (Fsp3) is 0.350. The number of hydrogen-bond donors (Lipinski definition) is 1. The van der Waals surface area contributed by atoms with Crippen molar-refractivity contribution in [3.8, 4) is 11.5 Å². The molecule has 1 aliphatic rings. The Bertz CT molecular complexity index is 944. The van der Waals surface area contributed by atoms with Gasteiger partial charge in [-0.25, -0.2) is 8.42 Å². The first kappa shape index (κ1) is 20.5. The molecule has 0 aliphatic heterocycles. The highest BCUT2D eigenvalue weighted by Crippen LogP contribution is 2.42. The molecule has 0 spiro atoms. The van der Waals surface area contributed by atoms with Gasteiger partial charge in [0.05, 0.1) is 19.1 Å². The highest BCUT2D eigenvalue weighted by atomic mass is 35.5. The summed E-state index contributed by atoms with van der Waals surface area (Å²) in [5, 5.41) is 3.19. The zero-order chi connectivity index (χ0) is 20.4. The Morgan fingerprint density at radius 1 is 1.00 bits per heavy atom. The molecule has 2 aromatic rings. The van der Waals surface area contributed by atoms with Crippen LogP contribution in [0.4, 0.5) is 5.69 Å². The number of hydrogen-bond acceptors (Lipinski definition) is 5. The summed E-state index contributed by atoms with van der Waals surface area (Å²) >= 11 is 5.89. The number of halogens is 1. The molecule has 1 N–H and O–H groups in total. The quantitative estimate of drug-likeness (QED) is 0.756. The van der Waals surface area contributed by atoms with E-state index >= 15 is 0 Å². The van der Waals surface area contributed by atoms with Gasteiger partial charge < -0.3 is 14.8 Å². The van der Waals surface area contributed by atoms with Crippen LogP contribution in [0, 0.1) is 0 Å². The molecule has 0 aromatic heterocycles. The summed E-state index contributed by atoms with van der Waals surface area (Å²) in [4.78, 5) is 13.3. The molecule has 2 aromatic carbocycles. The molecule has 3 rings (SSSR count). The molecule has 150 valence electrons. The summed E-state index contributed by atoms with van der Waals surface area (Å²) in [6, 6.07) is 10.8. The largest absolute Gasteiger partial charge is 0.497 e. The number of rotatable bonds is 6. The van der Waals surface area contributed by atoms with Crippen LogP contribution in [0.3, 0.4) is 0 Å². The minimum absolute atomic E-state index is 0.0946. The van der Waals surface area contributed by atoms with E-state index in [2.05, 4.69) is 5.32 Å². The van der Waals surface area contributed by atoms with E-state index in [1.165, 1.54) is 38.5 Å². The van der Waals surface area contributed by atoms with Gasteiger partial charge in [0, 0.05) is 28.9 Å². The molecule has 0 bridgehead atoms. The van der Waals surface area contributed by atoms with Crippen LogP contribution < -0.4 is 14.8 Å². The molecule has 6 nitrogen and oxygen atoms in total. The number of carbonyl (C=O) groups excluding carboxylic acids is 1. The Balaban J connectivity index is 1.98. The maximum Gasteiger partial charge on any atom is 0.246 e. The maximum absolute atomic E-state index is 13.4. The third-order valence-electron chi connectivity index (χ3n) is 5.07. The minimum atomic E-state index is -3.90. The van der Waals surface area contributed by atoms with Crippen molar-refractivity contribution in [2.75, 3.05) is 19.5 Å². The second kappa shape index (κ2) is 8.01. The summed E-state index contributed by atoms with van der Waals surface area (Å²) in [7, 11) is -0.893. The molecule has 0 unspecified atom stereocenters. The molecular formula is C20H22ClNO5S. The first-order chi connectivity index (χ1) is 13.3. The zero-order valence-corrected chi connectivity index (χ0v) is 17.3. The fourth-order valence-electron chi connectivity index (χ4n) is 3.53. The molecule has 1 aliphatic carbocycles. The van der Waals surface area contributed by atoms with Crippen LogP contribution in [0.2, 0.25) is 5.02 Å². The van der Waals surface area contributed by atoms with Gasteiger partial charge in [-0.3, -0.25) is 4.79 Å². The first-order valence-corrected chi connectivity index (χ1v) is 10.7. The monoisotopic (exact) mass is 423 g/mol. The Labute approximate surface area is 169 Å². The third-order valence-corrected chi connectivity index (χ3v) is 7.84. The molecule has 0 radical (unpaired) electrons. The Morgan fingerprint density at radius 2 is 1.54 bits per heavy atom. The SMILES string of the molecule is COc1cc(NC(=O)C2(S(=O)(=O)c3ccc(Cl)cc3)CCCC2)cc(OC)c1. The number of anilines is 1. The lowest BCUT2D eigenvalue weighted by molar-refractivity contribution is -0.118. The van der Waals surface area contributed by atoms with E-state index in [9.17, 15) is 13.2 Å². The van der Waals surface area contributed by atoms with Gasteiger partial charge in [0.25, 0.3) is 0 Å². The van der Waals surface area contributed by atoms with Gasteiger partial charge in [-0.2, -0.15) is 0 Å². The number of ether oxygens (including phenoxy) is 2. The summed E-state index contributed by atoms with van der Waals surface area (Å²) in [5.74, 6) is 0.446. The normalized spacial score (nSPS) is 15.8. The van der Waals surface area contributed by atoms with Crippen molar-refractivity contribution in [1.29, 1.82) is 0 Å². The van der Waals surface area contributed by atoms with Crippen LogP contribution >= 0.6 is 11.6 Å². The average Bonchev–Trinajstić information content (AvgIpc) is 3.20. The summed E-state index contributed by atoms with van der Waals surface area (Å²) in [6.07, 6.45) is 1.87. The topological polar surface area (TPSA) is 81.7 Å². The smallest absolute Gasteiger partial charge is 0.246 e. The van der Waals surface area contributed by atoms with E-state index in [0.717, 1.165) is 0 Å². The first-order valence-electron chi connectivity index (χ1n) is 8.87. The van der Waals surface area contributed by atoms with E-state index in [0.29, 0.717) is 35.1 Å². The Hall–Kier alpha value is -2.25. The lowest BCUT2D eigenvalue weighted by atomic mass is 10.1. The lowest BCUT2D eigenvalue weighted by Gasteiger charge is -2.28. The van der Waals surface area contributed by atoms with Crippen LogP contribution in [-0.4, -0.2) is 33.3 Å². The number of benzene rings is 2. The van der Waals surface area contributed by atoms with Crippen molar-refractivity contribution >= 4 is 33.0 Å². The van der Waals surface area contributed by atoms with Gasteiger partial charge in [0.2, 0.25) is 5.91 Å². The summed E-state index contributed by atoms with van der Waals surface area (Å²) in [5.41, 5.74) is 0.416. The van der Waals surface area contributed by atoms with Crippen molar-refractivity contribution in [2.24, 2.45) is 0 Å². The molecule has 1 fully saturated rings. The molecule has 0 heterocycles. The molecule has 8 heteroatoms. The minimum Gasteiger partial charge on any atom is -0.497 e. The second-order valence-electron chi connectivity index (χ2n) is 6.71. The van der Waals surface area contributed by atoms with E-state index in [4.69, 9.17) is 21.1 Å². The highest BCUT2D eigenvalue weighted by molar-refractivity contribution is 7.93. The number of amides is 1. The molecule has 1 saturated carbocycles. The van der Waals surface area contributed by atoms with Gasteiger partial charge in [-0.1, -0.05) is 24.4 Å². The van der Waals surface area contributed by atoms with Crippen molar-refractivity contribution in [2.45, 2.75) is 35.3 Å². The fourth-order valence-corrected chi connectivity index (χ4v) is 5.72. The molecule has 0 saturated heterocycles. The lowest BCUT2D eigenvalue weighted by Crippen LogP contribution is -2.47. The van der Waals surface area contributed by atoms with E-state index in [1.807, 2.05) is 0 Å². The third kappa shape index (κ3) is 3.69. The number of methoxy groups -OCH3 is 2. The Morgan fingerprint density at radius 3 is 2.04 bits per heavy atom. The van der Waals surface area contributed by atoms with E-state index < -0.39 is 20.5 Å². The summed E-state index contributed by atoms with van der Waals surface area (Å²) < 4.78 is 35.7. The van der Waals surface area contributed by atoms with Gasteiger partial charge >= 0.3 is 0 Å². The molecule has 1 amide bonds. The second-order valence-corrected chi connectivity index (χ2v) is 9.41. The predicted molar refractivity (Wildman–Crippen MR) is 108 cm³/mol. The van der Waals surface area contributed by atoms with Crippen LogP contribution in [0.1, 0.15) is 25.7 Å². The number of nitrogens with one attached hydrogen (secondary N) is 1. The van der Waals surface area contributed by atoms with Crippen LogP contribution in [-0.2, 0) is 14.6 Å². The van der Waals surface area contributed by atoms with Crippen LogP contribution in [0.15, 0.2) is 47.4 Å². The van der Waals surface area contributed by atoms with Gasteiger partial charge in [-0.15, -0.1) is 0 Å². The maximum atomic E-state index is 13.4. The van der Waals surface area contributed by atoms with Crippen molar-refractivity contribution in [1.82, 2.24) is 0 Å². The highest BCUT2D eigenvalue weighted by Gasteiger charge is 2.53. The number of carbonyl (C=O) groups is 1. The van der Waals surface area contributed by atoms with Gasteiger partial charge in [-0.05, 0) is 37.1 Å². The molecular weight excluding hydrogens is 402 g/mol. The average molecular weight is 424 g/mol. The molecule has 28 heavy (non-hydrogen) atoms. The van der Waals surface area contributed by atoms with E-state index in [-0.39, 0.29) is 17.7 Å². The van der Waals surface area contributed by atoms with Gasteiger partial charge in [0.15, 0.2) is 14.6 Å². The summed E-state index contributed by atoms with van der Waals surface area (Å²) in [6.45, 7) is 0. The van der Waals surface area contributed by atoms with Gasteiger partial charge in [0.1, 0.15) is 11.5 Å². The predicted octanol–water partition coefficient (Wildman–Crippen LogP) is 4.08. The number of sulfone groups is 1. The van der Waals surface area contributed by atoms with Crippen molar-refractivity contribution < 1.29 is 22.7 Å². The molecule has 0 atom stereocenters. The van der Waals surface area contributed by atoms with Crippen molar-refractivity contribution in [3.63, 3.8) is 0 Å². The van der Waals surface area contributed by atoms with E-state index in [1.54, 1.807) is 18.2 Å².